The minimum Gasteiger partial charge on any atom is -0.385 e. The van der Waals surface area contributed by atoms with E-state index in [4.69, 9.17) is 0 Å². The van der Waals surface area contributed by atoms with Crippen LogP contribution in [0.5, 0.6) is 0 Å². The molecule has 7 heteroatoms. The number of nitrogens with one attached hydrogen (secondary N) is 1. The second kappa shape index (κ2) is 7.05. The molecule has 2 fully saturated rings. The highest BCUT2D eigenvalue weighted by Crippen LogP contribution is 2.48. The Morgan fingerprint density at radius 2 is 2.00 bits per heavy atom. The Hall–Kier alpha value is -2.67. The summed E-state index contributed by atoms with van der Waals surface area (Å²) in [6.45, 7) is 2.56. The van der Waals surface area contributed by atoms with Crippen molar-refractivity contribution in [1.82, 2.24) is 14.5 Å². The molecule has 1 amide bonds. The number of rotatable bonds is 3. The van der Waals surface area contributed by atoms with Crippen molar-refractivity contribution in [1.29, 1.82) is 0 Å². The van der Waals surface area contributed by atoms with Gasteiger partial charge in [-0.1, -0.05) is 30.3 Å². The van der Waals surface area contributed by atoms with Crippen molar-refractivity contribution in [2.24, 2.45) is 11.8 Å². The first-order valence-electron chi connectivity index (χ1n) is 9.74. The average Bonchev–Trinajstić information content (AvgIpc) is 3.13. The highest BCUT2D eigenvalue weighted by atomic mass is 16.3. The summed E-state index contributed by atoms with van der Waals surface area (Å²) in [5.74, 6) is 0.0666. The van der Waals surface area contributed by atoms with Crippen LogP contribution in [0.1, 0.15) is 30.4 Å². The van der Waals surface area contributed by atoms with Gasteiger partial charge in [0.25, 0.3) is 5.56 Å². The molecule has 148 valence electrons. The number of benzene rings is 1. The molecule has 2 aromatic rings. The molecule has 28 heavy (non-hydrogen) atoms. The van der Waals surface area contributed by atoms with Gasteiger partial charge < -0.3 is 10.0 Å². The zero-order chi connectivity index (χ0) is 19.9. The largest absolute Gasteiger partial charge is 0.385 e. The topological polar surface area (TPSA) is 95.4 Å². The number of likely N-dealkylation sites (tertiary alicyclic amines) is 1. The highest BCUT2D eigenvalue weighted by Gasteiger charge is 2.50. The van der Waals surface area contributed by atoms with E-state index in [1.165, 1.54) is 10.8 Å². The third kappa shape index (κ3) is 3.20. The molecule has 1 aliphatic carbocycles. The van der Waals surface area contributed by atoms with Crippen LogP contribution in [0.15, 0.2) is 46.1 Å². The van der Waals surface area contributed by atoms with Crippen molar-refractivity contribution >= 4 is 5.91 Å². The Morgan fingerprint density at radius 3 is 2.75 bits per heavy atom. The molecule has 0 unspecified atom stereocenters. The Morgan fingerprint density at radius 1 is 1.25 bits per heavy atom. The van der Waals surface area contributed by atoms with Crippen molar-refractivity contribution in [2.45, 2.75) is 38.3 Å². The summed E-state index contributed by atoms with van der Waals surface area (Å²) < 4.78 is 1.24. The number of carbonyl (C=O) groups is 1. The smallest absolute Gasteiger partial charge is 0.328 e. The summed E-state index contributed by atoms with van der Waals surface area (Å²) in [6.07, 6.45) is 4.02. The number of aliphatic hydroxyl groups is 1. The molecule has 2 heterocycles. The first-order valence-corrected chi connectivity index (χ1v) is 9.74. The van der Waals surface area contributed by atoms with Crippen LogP contribution < -0.4 is 11.2 Å². The number of nitrogens with zero attached hydrogens (tertiary/aromatic N) is 2. The van der Waals surface area contributed by atoms with E-state index in [0.717, 1.165) is 18.4 Å². The molecular weight excluding hydrogens is 358 g/mol. The van der Waals surface area contributed by atoms with Crippen LogP contribution >= 0.6 is 0 Å². The minimum atomic E-state index is -0.926. The van der Waals surface area contributed by atoms with E-state index < -0.39 is 16.9 Å². The lowest BCUT2D eigenvalue weighted by atomic mass is 9.67. The second-order valence-electron chi connectivity index (χ2n) is 8.05. The molecule has 2 aliphatic rings. The standard InChI is InChI=1S/C21H25N3O4/c1-14-10-24(20(27)22-19(14)26)13-18(25)23-11-15-6-5-9-21(28,17(15)12-23)16-7-3-2-4-8-16/h2-4,7-8,10,15,17,28H,5-6,9,11-13H2,1H3,(H,22,26,27)/t15-,17+,21+/m1/s1. The van der Waals surface area contributed by atoms with Crippen molar-refractivity contribution in [3.63, 3.8) is 0 Å². The van der Waals surface area contributed by atoms with E-state index in [1.807, 2.05) is 30.3 Å². The quantitative estimate of drug-likeness (QED) is 0.826. The zero-order valence-corrected chi connectivity index (χ0v) is 15.9. The molecule has 0 radical (unpaired) electrons. The SMILES string of the molecule is Cc1cn(CC(=O)N2C[C@H]3CCC[C@](O)(c4ccccc4)[C@H]3C2)c(=O)[nH]c1=O. The molecule has 1 saturated carbocycles. The molecule has 1 aromatic carbocycles. The molecule has 1 saturated heterocycles. The van der Waals surface area contributed by atoms with Crippen LogP contribution in [0.25, 0.3) is 0 Å². The van der Waals surface area contributed by atoms with Crippen molar-refractivity contribution < 1.29 is 9.90 Å². The van der Waals surface area contributed by atoms with Gasteiger partial charge in [0.05, 0.1) is 5.60 Å². The van der Waals surface area contributed by atoms with Crippen molar-refractivity contribution in [3.05, 3.63) is 68.5 Å². The lowest BCUT2D eigenvalue weighted by molar-refractivity contribution is -0.131. The molecule has 1 aromatic heterocycles. The van der Waals surface area contributed by atoms with Gasteiger partial charge in [0.2, 0.25) is 5.91 Å². The molecule has 4 rings (SSSR count). The number of carbonyl (C=O) groups excluding carboxylic acids is 1. The monoisotopic (exact) mass is 383 g/mol. The van der Waals surface area contributed by atoms with E-state index in [-0.39, 0.29) is 24.3 Å². The number of aromatic amines is 1. The molecule has 7 nitrogen and oxygen atoms in total. The van der Waals surface area contributed by atoms with Gasteiger partial charge in [0.15, 0.2) is 0 Å². The number of hydrogen-bond acceptors (Lipinski definition) is 4. The summed E-state index contributed by atoms with van der Waals surface area (Å²) in [6, 6.07) is 9.70. The lowest BCUT2D eigenvalue weighted by Crippen LogP contribution is -2.43. The number of H-pyrrole nitrogens is 1. The fraction of sp³-hybridized carbons (Fsp3) is 0.476. The average molecular weight is 383 g/mol. The predicted octanol–water partition coefficient (Wildman–Crippen LogP) is 0.991. The van der Waals surface area contributed by atoms with Gasteiger partial charge in [-0.2, -0.15) is 0 Å². The van der Waals surface area contributed by atoms with E-state index >= 15 is 0 Å². The predicted molar refractivity (Wildman–Crippen MR) is 104 cm³/mol. The van der Waals surface area contributed by atoms with E-state index in [9.17, 15) is 19.5 Å². The minimum absolute atomic E-state index is 0.0124. The lowest BCUT2D eigenvalue weighted by Gasteiger charge is -2.41. The Balaban J connectivity index is 1.54. The van der Waals surface area contributed by atoms with E-state index in [0.29, 0.717) is 25.1 Å². The zero-order valence-electron chi connectivity index (χ0n) is 15.9. The van der Waals surface area contributed by atoms with Crippen molar-refractivity contribution in [2.75, 3.05) is 13.1 Å². The maximum atomic E-state index is 12.8. The van der Waals surface area contributed by atoms with Gasteiger partial charge in [-0.25, -0.2) is 4.79 Å². The molecule has 0 spiro atoms. The van der Waals surface area contributed by atoms with E-state index in [1.54, 1.807) is 11.8 Å². The number of hydrogen-bond donors (Lipinski definition) is 2. The van der Waals surface area contributed by atoms with Crippen LogP contribution in [-0.2, 0) is 16.9 Å². The molecule has 2 N–H and O–H groups in total. The summed E-state index contributed by atoms with van der Waals surface area (Å²) in [5, 5.41) is 11.5. The first kappa shape index (κ1) is 18.7. The number of aryl methyl sites for hydroxylation is 1. The number of fused-ring (bicyclic) bond motifs is 1. The van der Waals surface area contributed by atoms with Gasteiger partial charge in [-0.3, -0.25) is 19.1 Å². The van der Waals surface area contributed by atoms with Crippen LogP contribution in [-0.4, -0.2) is 38.6 Å². The van der Waals surface area contributed by atoms with Gasteiger partial charge in [-0.15, -0.1) is 0 Å². The highest BCUT2D eigenvalue weighted by molar-refractivity contribution is 5.76. The Kier molecular flexibility index (Phi) is 4.71. The third-order valence-corrected chi connectivity index (χ3v) is 6.31. The van der Waals surface area contributed by atoms with Crippen LogP contribution in [0.3, 0.4) is 0 Å². The van der Waals surface area contributed by atoms with Crippen LogP contribution in [0.2, 0.25) is 0 Å². The fourth-order valence-electron chi connectivity index (χ4n) is 4.79. The summed E-state index contributed by atoms with van der Waals surface area (Å²) in [4.78, 5) is 40.3. The Labute approximate surface area is 162 Å². The number of amides is 1. The van der Waals surface area contributed by atoms with Crippen LogP contribution in [0, 0.1) is 18.8 Å². The van der Waals surface area contributed by atoms with Gasteiger partial charge in [0, 0.05) is 30.8 Å². The summed E-state index contributed by atoms with van der Waals surface area (Å²) >= 11 is 0. The summed E-state index contributed by atoms with van der Waals surface area (Å²) in [7, 11) is 0. The van der Waals surface area contributed by atoms with Crippen molar-refractivity contribution in [3.8, 4) is 0 Å². The first-order chi connectivity index (χ1) is 13.4. The maximum absolute atomic E-state index is 12.8. The molecule has 0 bridgehead atoms. The molecule has 3 atom stereocenters. The van der Waals surface area contributed by atoms with E-state index in [2.05, 4.69) is 4.98 Å². The molecular formula is C21H25N3O4. The summed E-state index contributed by atoms with van der Waals surface area (Å²) in [5.41, 5.74) is -0.646. The Bertz CT molecular complexity index is 997. The fourth-order valence-corrected chi connectivity index (χ4v) is 4.79. The van der Waals surface area contributed by atoms with Gasteiger partial charge >= 0.3 is 5.69 Å². The third-order valence-electron chi connectivity index (χ3n) is 6.31. The maximum Gasteiger partial charge on any atom is 0.328 e. The van der Waals surface area contributed by atoms with Gasteiger partial charge in [0.1, 0.15) is 6.54 Å². The normalized spacial score (nSPS) is 26.9. The van der Waals surface area contributed by atoms with Gasteiger partial charge in [-0.05, 0) is 37.7 Å². The second-order valence-corrected chi connectivity index (χ2v) is 8.05. The van der Waals surface area contributed by atoms with Crippen LogP contribution in [0.4, 0.5) is 0 Å². The molecule has 1 aliphatic heterocycles. The number of aromatic nitrogens is 2.